The third-order valence-electron chi connectivity index (χ3n) is 7.05. The summed E-state index contributed by atoms with van der Waals surface area (Å²) in [5, 5.41) is 3.27. The molecular formula is C26H30N4O3. The number of likely N-dealkylation sites (tertiary alicyclic amines) is 1. The molecule has 2 aliphatic heterocycles. The van der Waals surface area contributed by atoms with Crippen LogP contribution in [-0.4, -0.2) is 45.0 Å². The summed E-state index contributed by atoms with van der Waals surface area (Å²) in [6.45, 7) is 5.54. The quantitative estimate of drug-likeness (QED) is 0.662. The number of carbonyl (C=O) groups is 2. The summed E-state index contributed by atoms with van der Waals surface area (Å²) in [5.74, 6) is 1.74. The van der Waals surface area contributed by atoms with Gasteiger partial charge in [-0.05, 0) is 38.5 Å². The van der Waals surface area contributed by atoms with Gasteiger partial charge in [0, 0.05) is 37.9 Å². The van der Waals surface area contributed by atoms with E-state index in [0.29, 0.717) is 32.4 Å². The molecule has 172 valence electrons. The average molecular weight is 447 g/mol. The maximum Gasteiger partial charge on any atom is 0.240 e. The molecule has 1 saturated heterocycles. The summed E-state index contributed by atoms with van der Waals surface area (Å²) in [5.41, 5.74) is 2.38. The molecule has 1 spiro atoms. The molecule has 2 amide bonds. The highest BCUT2D eigenvalue weighted by Crippen LogP contribution is 2.44. The lowest BCUT2D eigenvalue weighted by atomic mass is 9.82. The lowest BCUT2D eigenvalue weighted by Crippen LogP contribution is -2.46. The number of para-hydroxylation sites is 3. The fourth-order valence-corrected chi connectivity index (χ4v) is 5.25. The molecule has 7 heteroatoms. The van der Waals surface area contributed by atoms with Crippen molar-refractivity contribution in [3.8, 4) is 5.75 Å². The molecule has 2 aliphatic rings. The van der Waals surface area contributed by atoms with E-state index in [2.05, 4.69) is 10.3 Å². The number of carbonyl (C=O) groups excluding carboxylic acids is 2. The van der Waals surface area contributed by atoms with Gasteiger partial charge < -0.3 is 19.5 Å². The number of fused-ring (bicyclic) bond motifs is 2. The number of hydrogen-bond acceptors (Lipinski definition) is 4. The summed E-state index contributed by atoms with van der Waals surface area (Å²) in [7, 11) is 0. The van der Waals surface area contributed by atoms with E-state index in [9.17, 15) is 9.59 Å². The van der Waals surface area contributed by atoms with E-state index < -0.39 is 5.60 Å². The van der Waals surface area contributed by atoms with Crippen LogP contribution in [0.2, 0.25) is 0 Å². The number of aryl methyl sites for hydroxylation is 1. The van der Waals surface area contributed by atoms with E-state index in [1.54, 1.807) is 0 Å². The predicted octanol–water partition coefficient (Wildman–Crippen LogP) is 3.76. The highest BCUT2D eigenvalue weighted by atomic mass is 16.5. The van der Waals surface area contributed by atoms with E-state index in [1.165, 1.54) is 0 Å². The molecule has 0 unspecified atom stereocenters. The van der Waals surface area contributed by atoms with E-state index in [-0.39, 0.29) is 24.4 Å². The van der Waals surface area contributed by atoms with Gasteiger partial charge in [0.05, 0.1) is 17.1 Å². The number of amides is 2. The maximum absolute atomic E-state index is 13.2. The number of hydrogen-bond donors (Lipinski definition) is 1. The van der Waals surface area contributed by atoms with E-state index >= 15 is 0 Å². The fourth-order valence-electron chi connectivity index (χ4n) is 5.25. The van der Waals surface area contributed by atoms with Crippen LogP contribution >= 0.6 is 0 Å². The Balaban J connectivity index is 1.39. The predicted molar refractivity (Wildman–Crippen MR) is 126 cm³/mol. The van der Waals surface area contributed by atoms with Crippen LogP contribution in [0, 0.1) is 6.92 Å². The van der Waals surface area contributed by atoms with Crippen LogP contribution in [0.25, 0.3) is 11.0 Å². The van der Waals surface area contributed by atoms with Crippen molar-refractivity contribution in [3.05, 3.63) is 59.9 Å². The normalized spacial score (nSPS) is 22.7. The second-order valence-corrected chi connectivity index (χ2v) is 9.10. The summed E-state index contributed by atoms with van der Waals surface area (Å²) in [4.78, 5) is 32.2. The monoisotopic (exact) mass is 446 g/mol. The van der Waals surface area contributed by atoms with Crippen LogP contribution < -0.4 is 10.1 Å². The number of nitrogens with zero attached hydrogens (tertiary/aromatic N) is 3. The number of ether oxygens (including phenoxy) is 1. The minimum absolute atomic E-state index is 0.0574. The van der Waals surface area contributed by atoms with Crippen LogP contribution in [0.3, 0.4) is 0 Å². The molecule has 3 heterocycles. The molecule has 5 rings (SSSR count). The van der Waals surface area contributed by atoms with Gasteiger partial charge in [-0.1, -0.05) is 30.3 Å². The molecule has 1 N–H and O–H groups in total. The van der Waals surface area contributed by atoms with Crippen LogP contribution in [-0.2, 0) is 16.1 Å². The maximum atomic E-state index is 13.2. The van der Waals surface area contributed by atoms with Crippen molar-refractivity contribution in [3.63, 3.8) is 0 Å². The number of rotatable bonds is 4. The highest BCUT2D eigenvalue weighted by molar-refractivity contribution is 5.81. The first-order valence-corrected chi connectivity index (χ1v) is 11.7. The molecule has 2 atom stereocenters. The zero-order valence-electron chi connectivity index (χ0n) is 19.2. The Morgan fingerprint density at radius 2 is 1.97 bits per heavy atom. The van der Waals surface area contributed by atoms with Gasteiger partial charge >= 0.3 is 0 Å². The minimum atomic E-state index is -0.455. The molecule has 0 bridgehead atoms. The Morgan fingerprint density at radius 1 is 1.18 bits per heavy atom. The SMILES string of the molecule is CCN1CC[C@]2(CCC1=O)C[C@H](NC(=O)Cn1c(C)nc3ccccc31)c1ccccc1O2. The van der Waals surface area contributed by atoms with E-state index in [4.69, 9.17) is 4.74 Å². The van der Waals surface area contributed by atoms with Crippen molar-refractivity contribution in [2.45, 2.75) is 57.7 Å². The Bertz CT molecular complexity index is 1200. The van der Waals surface area contributed by atoms with E-state index in [0.717, 1.165) is 34.6 Å². The van der Waals surface area contributed by atoms with Crippen molar-refractivity contribution in [2.24, 2.45) is 0 Å². The fraction of sp³-hybridized carbons (Fsp3) is 0.423. The Labute approximate surface area is 193 Å². The summed E-state index contributed by atoms with van der Waals surface area (Å²) < 4.78 is 8.48. The molecule has 1 fully saturated rings. The summed E-state index contributed by atoms with van der Waals surface area (Å²) >= 11 is 0. The van der Waals surface area contributed by atoms with Gasteiger partial charge in [-0.25, -0.2) is 4.98 Å². The lowest BCUT2D eigenvalue weighted by Gasteiger charge is -2.42. The zero-order valence-corrected chi connectivity index (χ0v) is 19.2. The third-order valence-corrected chi connectivity index (χ3v) is 7.05. The van der Waals surface area contributed by atoms with E-state index in [1.807, 2.05) is 71.8 Å². The van der Waals surface area contributed by atoms with Gasteiger partial charge in [-0.2, -0.15) is 0 Å². The zero-order chi connectivity index (χ0) is 23.0. The van der Waals surface area contributed by atoms with Crippen LogP contribution in [0.5, 0.6) is 5.75 Å². The largest absolute Gasteiger partial charge is 0.487 e. The first-order valence-electron chi connectivity index (χ1n) is 11.7. The van der Waals surface area contributed by atoms with Crippen molar-refractivity contribution < 1.29 is 14.3 Å². The molecule has 33 heavy (non-hydrogen) atoms. The number of nitrogens with one attached hydrogen (secondary N) is 1. The highest BCUT2D eigenvalue weighted by Gasteiger charge is 2.43. The molecular weight excluding hydrogens is 416 g/mol. The second-order valence-electron chi connectivity index (χ2n) is 9.10. The Morgan fingerprint density at radius 3 is 2.82 bits per heavy atom. The van der Waals surface area contributed by atoms with Gasteiger partial charge in [-0.15, -0.1) is 0 Å². The van der Waals surface area contributed by atoms with Crippen LogP contribution in [0.1, 0.15) is 50.0 Å². The molecule has 0 saturated carbocycles. The number of imidazole rings is 1. The van der Waals surface area contributed by atoms with Crippen LogP contribution in [0.4, 0.5) is 0 Å². The van der Waals surface area contributed by atoms with Gasteiger partial charge in [-0.3, -0.25) is 9.59 Å². The standard InChI is InChI=1S/C26H30N4O3/c1-3-29-15-14-26(13-12-25(29)32)16-21(19-8-4-7-11-23(19)33-26)28-24(31)17-30-18(2)27-20-9-5-6-10-22(20)30/h4-11,21H,3,12-17H2,1-2H3,(H,28,31)/t21-,26+/m0/s1. The topological polar surface area (TPSA) is 76.5 Å². The minimum Gasteiger partial charge on any atom is -0.487 e. The molecule has 3 aromatic rings. The molecule has 7 nitrogen and oxygen atoms in total. The Kier molecular flexibility index (Phi) is 5.56. The van der Waals surface area contributed by atoms with Crippen molar-refractivity contribution in [1.82, 2.24) is 19.8 Å². The van der Waals surface area contributed by atoms with Crippen molar-refractivity contribution in [1.29, 1.82) is 0 Å². The second kappa shape index (κ2) is 8.54. The summed E-state index contributed by atoms with van der Waals surface area (Å²) in [6, 6.07) is 15.6. The van der Waals surface area contributed by atoms with Crippen molar-refractivity contribution in [2.75, 3.05) is 13.1 Å². The first-order chi connectivity index (χ1) is 16.0. The number of benzene rings is 2. The number of aromatic nitrogens is 2. The first kappa shape index (κ1) is 21.5. The Hall–Kier alpha value is -3.35. The molecule has 0 aliphatic carbocycles. The van der Waals surface area contributed by atoms with Gasteiger partial charge in [0.15, 0.2) is 0 Å². The summed E-state index contributed by atoms with van der Waals surface area (Å²) in [6.07, 6.45) is 2.55. The van der Waals surface area contributed by atoms with Gasteiger partial charge in [0.25, 0.3) is 0 Å². The molecule has 2 aromatic carbocycles. The van der Waals surface area contributed by atoms with Gasteiger partial charge in [0.2, 0.25) is 11.8 Å². The molecule has 0 radical (unpaired) electrons. The smallest absolute Gasteiger partial charge is 0.240 e. The van der Waals surface area contributed by atoms with Crippen LogP contribution in [0.15, 0.2) is 48.5 Å². The van der Waals surface area contributed by atoms with Gasteiger partial charge in [0.1, 0.15) is 23.7 Å². The molecule has 1 aromatic heterocycles. The lowest BCUT2D eigenvalue weighted by molar-refractivity contribution is -0.130. The van der Waals surface area contributed by atoms with Crippen molar-refractivity contribution >= 4 is 22.8 Å². The average Bonchev–Trinajstić information content (AvgIpc) is 3.04. The third kappa shape index (κ3) is 4.08.